The maximum absolute atomic E-state index is 9.59. The van der Waals surface area contributed by atoms with Gasteiger partial charge in [0.2, 0.25) is 0 Å². The third kappa shape index (κ3) is 3.50. The SMILES string of the molecule is Cc1ccccc1C(CO)Nc1ccc(Cl)c(Br)c1. The van der Waals surface area contributed by atoms with E-state index in [0.29, 0.717) is 5.02 Å². The van der Waals surface area contributed by atoms with Gasteiger partial charge in [0.05, 0.1) is 17.7 Å². The highest BCUT2D eigenvalue weighted by atomic mass is 79.9. The van der Waals surface area contributed by atoms with Crippen LogP contribution in [0.3, 0.4) is 0 Å². The van der Waals surface area contributed by atoms with Crippen LogP contribution in [0.1, 0.15) is 17.2 Å². The lowest BCUT2D eigenvalue weighted by Crippen LogP contribution is -2.15. The Morgan fingerprint density at radius 1 is 1.26 bits per heavy atom. The molecule has 1 unspecified atom stereocenters. The van der Waals surface area contributed by atoms with Crippen molar-refractivity contribution in [3.05, 3.63) is 63.1 Å². The second-order valence-corrected chi connectivity index (χ2v) is 5.63. The first-order valence-electron chi connectivity index (χ1n) is 6.00. The first kappa shape index (κ1) is 14.4. The first-order valence-corrected chi connectivity index (χ1v) is 7.17. The highest BCUT2D eigenvalue weighted by molar-refractivity contribution is 9.10. The molecule has 0 saturated heterocycles. The van der Waals surface area contributed by atoms with Crippen molar-refractivity contribution < 1.29 is 5.11 Å². The Hall–Kier alpha value is -1.03. The Kier molecular flexibility index (Phi) is 4.86. The Bertz CT molecular complexity index is 574. The molecule has 2 aromatic rings. The van der Waals surface area contributed by atoms with Gasteiger partial charge in [-0.25, -0.2) is 0 Å². The van der Waals surface area contributed by atoms with E-state index in [2.05, 4.69) is 21.2 Å². The van der Waals surface area contributed by atoms with Crippen LogP contribution in [0.5, 0.6) is 0 Å². The Morgan fingerprint density at radius 3 is 2.63 bits per heavy atom. The number of hydrogen-bond donors (Lipinski definition) is 2. The van der Waals surface area contributed by atoms with E-state index in [1.807, 2.05) is 49.4 Å². The van der Waals surface area contributed by atoms with Crippen LogP contribution in [0.25, 0.3) is 0 Å². The monoisotopic (exact) mass is 339 g/mol. The number of benzene rings is 2. The number of rotatable bonds is 4. The van der Waals surface area contributed by atoms with Crippen molar-refractivity contribution in [1.82, 2.24) is 0 Å². The van der Waals surface area contributed by atoms with Crippen LogP contribution in [0.2, 0.25) is 5.02 Å². The number of aryl methyl sites for hydroxylation is 1. The number of hydrogen-bond acceptors (Lipinski definition) is 2. The molecule has 0 amide bonds. The average molecular weight is 341 g/mol. The molecule has 4 heteroatoms. The normalized spacial score (nSPS) is 12.2. The van der Waals surface area contributed by atoms with Gasteiger partial charge < -0.3 is 10.4 Å². The van der Waals surface area contributed by atoms with Crippen LogP contribution in [0.15, 0.2) is 46.9 Å². The molecule has 2 nitrogen and oxygen atoms in total. The molecule has 0 aliphatic rings. The highest BCUT2D eigenvalue weighted by Gasteiger charge is 2.12. The molecule has 2 N–H and O–H groups in total. The summed E-state index contributed by atoms with van der Waals surface area (Å²) in [6.45, 7) is 2.07. The predicted octanol–water partition coefficient (Wildman–Crippen LogP) is 4.56. The van der Waals surface area contributed by atoms with Gasteiger partial charge in [0.1, 0.15) is 0 Å². The van der Waals surface area contributed by atoms with Crippen molar-refractivity contribution in [2.75, 3.05) is 11.9 Å². The molecular formula is C15H15BrClNO. The minimum absolute atomic E-state index is 0.0328. The minimum Gasteiger partial charge on any atom is -0.394 e. The average Bonchev–Trinajstić information content (AvgIpc) is 2.41. The molecule has 0 aromatic heterocycles. The molecular weight excluding hydrogens is 326 g/mol. The number of halogens is 2. The number of nitrogens with one attached hydrogen (secondary N) is 1. The van der Waals surface area contributed by atoms with Gasteiger partial charge in [0.25, 0.3) is 0 Å². The molecule has 0 fully saturated rings. The van der Waals surface area contributed by atoms with Crippen molar-refractivity contribution in [1.29, 1.82) is 0 Å². The molecule has 0 saturated carbocycles. The van der Waals surface area contributed by atoms with Crippen LogP contribution in [0, 0.1) is 6.92 Å². The second kappa shape index (κ2) is 6.42. The largest absolute Gasteiger partial charge is 0.394 e. The fourth-order valence-electron chi connectivity index (χ4n) is 1.99. The lowest BCUT2D eigenvalue weighted by Gasteiger charge is -2.20. The van der Waals surface area contributed by atoms with Gasteiger partial charge in [-0.1, -0.05) is 35.9 Å². The van der Waals surface area contributed by atoms with Gasteiger partial charge >= 0.3 is 0 Å². The second-order valence-electron chi connectivity index (χ2n) is 4.36. The van der Waals surface area contributed by atoms with Crippen molar-refractivity contribution in [3.8, 4) is 0 Å². The van der Waals surface area contributed by atoms with E-state index in [1.54, 1.807) is 0 Å². The standard InChI is InChI=1S/C15H15BrClNO/c1-10-4-2-3-5-12(10)15(9-19)18-11-6-7-14(17)13(16)8-11/h2-8,15,18-19H,9H2,1H3. The van der Waals surface area contributed by atoms with E-state index in [-0.39, 0.29) is 12.6 Å². The topological polar surface area (TPSA) is 32.3 Å². The zero-order chi connectivity index (χ0) is 13.8. The smallest absolute Gasteiger partial charge is 0.0747 e. The van der Waals surface area contributed by atoms with E-state index in [9.17, 15) is 5.11 Å². The van der Waals surface area contributed by atoms with Crippen molar-refractivity contribution in [3.63, 3.8) is 0 Å². The number of aliphatic hydroxyl groups excluding tert-OH is 1. The molecule has 2 rings (SSSR count). The quantitative estimate of drug-likeness (QED) is 0.855. The summed E-state index contributed by atoms with van der Waals surface area (Å²) in [5, 5.41) is 13.6. The molecule has 0 spiro atoms. The van der Waals surface area contributed by atoms with Gasteiger partial charge in [0.15, 0.2) is 0 Å². The van der Waals surface area contributed by atoms with Crippen molar-refractivity contribution in [2.24, 2.45) is 0 Å². The summed E-state index contributed by atoms with van der Waals surface area (Å²) < 4.78 is 0.834. The summed E-state index contributed by atoms with van der Waals surface area (Å²) in [5.74, 6) is 0. The van der Waals surface area contributed by atoms with E-state index >= 15 is 0 Å². The van der Waals surface area contributed by atoms with Crippen LogP contribution >= 0.6 is 27.5 Å². The van der Waals surface area contributed by atoms with E-state index in [4.69, 9.17) is 11.6 Å². The van der Waals surface area contributed by atoms with E-state index < -0.39 is 0 Å². The summed E-state index contributed by atoms with van der Waals surface area (Å²) in [6, 6.07) is 13.5. The highest BCUT2D eigenvalue weighted by Crippen LogP contribution is 2.28. The molecule has 2 aromatic carbocycles. The lowest BCUT2D eigenvalue weighted by atomic mass is 10.0. The fourth-order valence-corrected chi connectivity index (χ4v) is 2.48. The first-order chi connectivity index (χ1) is 9.11. The molecule has 100 valence electrons. The van der Waals surface area contributed by atoms with Gasteiger partial charge in [-0.05, 0) is 52.2 Å². The lowest BCUT2D eigenvalue weighted by molar-refractivity contribution is 0.276. The predicted molar refractivity (Wildman–Crippen MR) is 83.8 cm³/mol. The maximum Gasteiger partial charge on any atom is 0.0747 e. The van der Waals surface area contributed by atoms with Gasteiger partial charge in [-0.2, -0.15) is 0 Å². The molecule has 0 aliphatic carbocycles. The van der Waals surface area contributed by atoms with Crippen LogP contribution in [-0.2, 0) is 0 Å². The van der Waals surface area contributed by atoms with E-state index in [0.717, 1.165) is 21.3 Å². The summed E-state index contributed by atoms with van der Waals surface area (Å²) in [7, 11) is 0. The van der Waals surface area contributed by atoms with Gasteiger partial charge in [0, 0.05) is 10.2 Å². The third-order valence-electron chi connectivity index (χ3n) is 3.01. The molecule has 0 heterocycles. The Balaban J connectivity index is 2.24. The molecule has 0 bridgehead atoms. The van der Waals surface area contributed by atoms with Crippen LogP contribution in [0.4, 0.5) is 5.69 Å². The van der Waals surface area contributed by atoms with Crippen LogP contribution < -0.4 is 5.32 Å². The van der Waals surface area contributed by atoms with Gasteiger partial charge in [-0.15, -0.1) is 0 Å². The number of aliphatic hydroxyl groups is 1. The summed E-state index contributed by atoms with van der Waals surface area (Å²) >= 11 is 9.36. The molecule has 0 aliphatic heterocycles. The minimum atomic E-state index is -0.130. The third-order valence-corrected chi connectivity index (χ3v) is 4.22. The number of anilines is 1. The van der Waals surface area contributed by atoms with E-state index in [1.165, 1.54) is 0 Å². The molecule has 19 heavy (non-hydrogen) atoms. The summed E-state index contributed by atoms with van der Waals surface area (Å²) in [4.78, 5) is 0. The zero-order valence-electron chi connectivity index (χ0n) is 10.5. The molecule has 0 radical (unpaired) electrons. The van der Waals surface area contributed by atoms with Crippen molar-refractivity contribution >= 4 is 33.2 Å². The molecule has 1 atom stereocenters. The summed E-state index contributed by atoms with van der Waals surface area (Å²) in [6.07, 6.45) is 0. The van der Waals surface area contributed by atoms with Crippen LogP contribution in [-0.4, -0.2) is 11.7 Å². The maximum atomic E-state index is 9.59. The Labute approximate surface area is 126 Å². The van der Waals surface area contributed by atoms with Gasteiger partial charge in [-0.3, -0.25) is 0 Å². The Morgan fingerprint density at radius 2 is 2.00 bits per heavy atom. The van der Waals surface area contributed by atoms with Crippen molar-refractivity contribution in [2.45, 2.75) is 13.0 Å². The summed E-state index contributed by atoms with van der Waals surface area (Å²) in [5.41, 5.74) is 3.16. The fraction of sp³-hybridized carbons (Fsp3) is 0.200. The zero-order valence-corrected chi connectivity index (χ0v) is 12.9.